The molecule has 28 heavy (non-hydrogen) atoms. The Kier molecular flexibility index (Phi) is 3.82. The van der Waals surface area contributed by atoms with Crippen molar-refractivity contribution in [2.24, 2.45) is 7.05 Å². The fourth-order valence-corrected chi connectivity index (χ4v) is 4.38. The van der Waals surface area contributed by atoms with E-state index in [0.717, 1.165) is 5.69 Å². The Bertz CT molecular complexity index is 1040. The van der Waals surface area contributed by atoms with Crippen molar-refractivity contribution in [2.75, 3.05) is 13.1 Å². The first kappa shape index (κ1) is 16.8. The van der Waals surface area contributed by atoms with E-state index < -0.39 is 0 Å². The van der Waals surface area contributed by atoms with Crippen molar-refractivity contribution in [1.82, 2.24) is 23.9 Å². The molecule has 2 atom stereocenters. The van der Waals surface area contributed by atoms with Gasteiger partial charge in [0.2, 0.25) is 0 Å². The maximum atomic E-state index is 13.2. The van der Waals surface area contributed by atoms with Crippen molar-refractivity contribution in [3.05, 3.63) is 78.1 Å². The predicted octanol–water partition coefficient (Wildman–Crippen LogP) is 1.94. The highest BCUT2D eigenvalue weighted by Crippen LogP contribution is 2.35. The van der Waals surface area contributed by atoms with Gasteiger partial charge in [-0.25, -0.2) is 0 Å². The molecule has 0 radical (unpaired) electrons. The van der Waals surface area contributed by atoms with Gasteiger partial charge in [0.15, 0.2) is 0 Å². The van der Waals surface area contributed by atoms with Crippen LogP contribution in [-0.2, 0) is 13.6 Å². The summed E-state index contributed by atoms with van der Waals surface area (Å²) >= 11 is 0. The van der Waals surface area contributed by atoms with Crippen molar-refractivity contribution in [3.8, 4) is 0 Å². The number of carbonyl (C=O) groups is 2. The van der Waals surface area contributed by atoms with Gasteiger partial charge in [-0.15, -0.1) is 0 Å². The molecule has 1 saturated heterocycles. The highest BCUT2D eigenvalue weighted by molar-refractivity contribution is 5.95. The molecule has 3 aromatic rings. The van der Waals surface area contributed by atoms with Crippen LogP contribution in [0.15, 0.2) is 61.1 Å². The van der Waals surface area contributed by atoms with Gasteiger partial charge in [0.05, 0.1) is 24.3 Å². The molecule has 1 fully saturated rings. The van der Waals surface area contributed by atoms with Crippen molar-refractivity contribution in [2.45, 2.75) is 18.6 Å². The van der Waals surface area contributed by atoms with Gasteiger partial charge in [-0.2, -0.15) is 0 Å². The molecule has 142 valence electrons. The first-order chi connectivity index (χ1) is 13.6. The van der Waals surface area contributed by atoms with E-state index in [1.807, 2.05) is 80.8 Å². The largest absolute Gasteiger partial charge is 0.347 e. The lowest BCUT2D eigenvalue weighted by molar-refractivity contribution is 0.0547. The number of hydrogen-bond donors (Lipinski definition) is 0. The molecule has 2 aliphatic rings. The molecule has 0 N–H and O–H groups in total. The Hall–Kier alpha value is -3.35. The number of carbonyl (C=O) groups excluding carboxylic acids is 2. The monoisotopic (exact) mass is 375 g/mol. The van der Waals surface area contributed by atoms with Crippen LogP contribution in [0.25, 0.3) is 0 Å². The van der Waals surface area contributed by atoms with Crippen molar-refractivity contribution in [1.29, 1.82) is 0 Å². The normalized spacial score (nSPS) is 21.0. The van der Waals surface area contributed by atoms with E-state index in [9.17, 15) is 9.59 Å². The van der Waals surface area contributed by atoms with E-state index in [-0.39, 0.29) is 23.9 Å². The lowest BCUT2D eigenvalue weighted by atomic mass is 10.1. The zero-order valence-corrected chi connectivity index (χ0v) is 15.6. The van der Waals surface area contributed by atoms with Crippen molar-refractivity contribution < 1.29 is 9.59 Å². The third-order valence-electron chi connectivity index (χ3n) is 5.78. The molecule has 7 heteroatoms. The number of amides is 2. The van der Waals surface area contributed by atoms with Crippen LogP contribution in [0.4, 0.5) is 0 Å². The van der Waals surface area contributed by atoms with Crippen molar-refractivity contribution in [3.63, 3.8) is 0 Å². The van der Waals surface area contributed by atoms with E-state index in [2.05, 4.69) is 4.98 Å². The second kappa shape index (κ2) is 6.37. The maximum Gasteiger partial charge on any atom is 0.271 e. The van der Waals surface area contributed by atoms with E-state index >= 15 is 0 Å². The summed E-state index contributed by atoms with van der Waals surface area (Å²) in [5.41, 5.74) is 2.18. The molecular formula is C21H21N5O2. The summed E-state index contributed by atoms with van der Waals surface area (Å²) in [7, 11) is 1.87. The minimum Gasteiger partial charge on any atom is -0.347 e. The fourth-order valence-electron chi connectivity index (χ4n) is 4.38. The number of aryl methyl sites for hydroxylation is 1. The molecule has 7 nitrogen and oxygen atoms in total. The zero-order valence-electron chi connectivity index (χ0n) is 15.6. The molecule has 0 saturated carbocycles. The predicted molar refractivity (Wildman–Crippen MR) is 103 cm³/mol. The van der Waals surface area contributed by atoms with E-state index in [1.165, 1.54) is 0 Å². The smallest absolute Gasteiger partial charge is 0.271 e. The number of pyridine rings is 1. The van der Waals surface area contributed by atoms with Crippen LogP contribution in [0.1, 0.15) is 32.7 Å². The summed E-state index contributed by atoms with van der Waals surface area (Å²) in [6.07, 6.45) is 5.56. The van der Waals surface area contributed by atoms with Gasteiger partial charge in [-0.3, -0.25) is 14.6 Å². The van der Waals surface area contributed by atoms with Gasteiger partial charge in [-0.1, -0.05) is 6.07 Å². The first-order valence-electron chi connectivity index (χ1n) is 9.42. The molecule has 0 spiro atoms. The maximum absolute atomic E-state index is 13.2. The van der Waals surface area contributed by atoms with E-state index in [1.54, 1.807) is 6.20 Å². The second-order valence-electron chi connectivity index (χ2n) is 7.40. The Labute approximate surface area is 162 Å². The van der Waals surface area contributed by atoms with Crippen LogP contribution in [-0.4, -0.2) is 54.9 Å². The molecule has 0 aliphatic carbocycles. The SMILES string of the molecule is Cn1cccc1C(=O)N1C[C@H]2[C@H](C1)n1cccc1C(=O)N2Cc1ccccn1. The van der Waals surface area contributed by atoms with E-state index in [0.29, 0.717) is 31.0 Å². The average molecular weight is 375 g/mol. The molecule has 0 unspecified atom stereocenters. The van der Waals surface area contributed by atoms with Crippen LogP contribution in [0.2, 0.25) is 0 Å². The van der Waals surface area contributed by atoms with Crippen molar-refractivity contribution >= 4 is 11.8 Å². The fraction of sp³-hybridized carbons (Fsp3) is 0.286. The number of hydrogen-bond acceptors (Lipinski definition) is 3. The number of nitrogens with zero attached hydrogens (tertiary/aromatic N) is 5. The molecule has 5 rings (SSSR count). The molecular weight excluding hydrogens is 354 g/mol. The number of fused-ring (bicyclic) bond motifs is 3. The lowest BCUT2D eigenvalue weighted by Crippen LogP contribution is -2.50. The van der Waals surface area contributed by atoms with E-state index in [4.69, 9.17) is 0 Å². The number of likely N-dealkylation sites (tertiary alicyclic amines) is 1. The Balaban J connectivity index is 1.48. The lowest BCUT2D eigenvalue weighted by Gasteiger charge is -2.37. The van der Waals surface area contributed by atoms with Gasteiger partial charge in [0.1, 0.15) is 11.4 Å². The molecule has 0 bridgehead atoms. The quantitative estimate of drug-likeness (QED) is 0.703. The highest BCUT2D eigenvalue weighted by Gasteiger charge is 2.46. The summed E-state index contributed by atoms with van der Waals surface area (Å²) in [5, 5.41) is 0. The summed E-state index contributed by atoms with van der Waals surface area (Å²) < 4.78 is 3.86. The number of rotatable bonds is 3. The molecule has 3 aromatic heterocycles. The second-order valence-corrected chi connectivity index (χ2v) is 7.40. The van der Waals surface area contributed by atoms with Gasteiger partial charge in [-0.05, 0) is 36.4 Å². The van der Waals surface area contributed by atoms with Crippen LogP contribution >= 0.6 is 0 Å². The third kappa shape index (κ3) is 2.54. The van der Waals surface area contributed by atoms with Gasteiger partial charge < -0.3 is 18.9 Å². The highest BCUT2D eigenvalue weighted by atomic mass is 16.2. The minimum absolute atomic E-state index is 0.000779. The van der Waals surface area contributed by atoms with Gasteiger partial charge in [0, 0.05) is 38.7 Å². The Morgan fingerprint density at radius 2 is 1.89 bits per heavy atom. The summed E-state index contributed by atoms with van der Waals surface area (Å²) in [5.74, 6) is -0.00842. The van der Waals surface area contributed by atoms with Crippen LogP contribution in [0, 0.1) is 0 Å². The molecule has 2 aliphatic heterocycles. The summed E-state index contributed by atoms with van der Waals surface area (Å²) in [6.45, 7) is 1.55. The van der Waals surface area contributed by atoms with Crippen LogP contribution < -0.4 is 0 Å². The first-order valence-corrected chi connectivity index (χ1v) is 9.42. The Morgan fingerprint density at radius 1 is 1.07 bits per heavy atom. The summed E-state index contributed by atoms with van der Waals surface area (Å²) in [4.78, 5) is 34.3. The molecule has 5 heterocycles. The number of aromatic nitrogens is 3. The molecule has 2 amide bonds. The van der Waals surface area contributed by atoms with Crippen LogP contribution in [0.5, 0.6) is 0 Å². The third-order valence-corrected chi connectivity index (χ3v) is 5.78. The Morgan fingerprint density at radius 3 is 2.64 bits per heavy atom. The summed E-state index contributed by atoms with van der Waals surface area (Å²) in [6, 6.07) is 13.2. The van der Waals surface area contributed by atoms with Crippen LogP contribution in [0.3, 0.4) is 0 Å². The minimum atomic E-state index is -0.0707. The molecule has 0 aromatic carbocycles. The zero-order chi connectivity index (χ0) is 19.3. The average Bonchev–Trinajstić information content (AvgIpc) is 3.44. The topological polar surface area (TPSA) is 63.4 Å². The van der Waals surface area contributed by atoms with Gasteiger partial charge in [0.25, 0.3) is 11.8 Å². The standard InChI is InChI=1S/C21H21N5O2/c1-23-10-4-7-16(23)20(27)24-13-18-19(14-24)26(12-15-6-2-3-9-22-15)21(28)17-8-5-11-25(17)18/h2-11,18-19H,12-14H2,1H3/t18-,19-/m0/s1. The van der Waals surface area contributed by atoms with Gasteiger partial charge >= 0.3 is 0 Å².